The van der Waals surface area contributed by atoms with Gasteiger partial charge in [0.25, 0.3) is 5.82 Å². The molecule has 0 bridgehead atoms. The molecule has 0 N–H and O–H groups in total. The second kappa shape index (κ2) is 14.1. The van der Waals surface area contributed by atoms with Gasteiger partial charge in [0.15, 0.2) is 6.73 Å². The van der Waals surface area contributed by atoms with E-state index in [0.717, 1.165) is 13.0 Å². The van der Waals surface area contributed by atoms with Gasteiger partial charge in [-0.3, -0.25) is 0 Å². The lowest BCUT2D eigenvalue weighted by Crippen LogP contribution is -3.00. The zero-order valence-corrected chi connectivity index (χ0v) is 15.6. The fourth-order valence-corrected chi connectivity index (χ4v) is 2.72. The maximum Gasteiger partial charge on any atom is 0.258 e. The standard InChI is InChI=1S/C18H35N2O.ClH/c1-4-6-7-8-9-10-11-12-16-21-17-20-15-14-19(3)18(20)13-5-2;/h14-15H,4-13,16-17H2,1-3H3;1H/q+1;/p-1. The minimum absolute atomic E-state index is 0. The zero-order chi connectivity index (χ0) is 15.3. The molecule has 130 valence electrons. The summed E-state index contributed by atoms with van der Waals surface area (Å²) < 4.78 is 10.2. The lowest BCUT2D eigenvalue weighted by atomic mass is 10.1. The molecule has 4 heteroatoms. The van der Waals surface area contributed by atoms with Crippen molar-refractivity contribution in [1.29, 1.82) is 0 Å². The highest BCUT2D eigenvalue weighted by atomic mass is 35.5. The van der Waals surface area contributed by atoms with Crippen molar-refractivity contribution >= 4 is 0 Å². The van der Waals surface area contributed by atoms with E-state index in [2.05, 4.69) is 42.4 Å². The molecule has 0 fully saturated rings. The predicted molar refractivity (Wildman–Crippen MR) is 88.2 cm³/mol. The second-order valence-corrected chi connectivity index (χ2v) is 6.06. The first-order valence-corrected chi connectivity index (χ1v) is 8.91. The van der Waals surface area contributed by atoms with Gasteiger partial charge in [-0.1, -0.05) is 58.8 Å². The quantitative estimate of drug-likeness (QED) is 0.395. The summed E-state index contributed by atoms with van der Waals surface area (Å²) in [6.07, 6.45) is 17.4. The number of hydrogen-bond acceptors (Lipinski definition) is 1. The van der Waals surface area contributed by atoms with Gasteiger partial charge < -0.3 is 17.1 Å². The van der Waals surface area contributed by atoms with E-state index in [4.69, 9.17) is 4.74 Å². The smallest absolute Gasteiger partial charge is 0.258 e. The summed E-state index contributed by atoms with van der Waals surface area (Å²) in [5.41, 5.74) is 0. The highest BCUT2D eigenvalue weighted by molar-refractivity contribution is 4.82. The summed E-state index contributed by atoms with van der Waals surface area (Å²) in [6.45, 7) is 6.09. The summed E-state index contributed by atoms with van der Waals surface area (Å²) in [6, 6.07) is 0. The van der Waals surface area contributed by atoms with Crippen LogP contribution in [0.15, 0.2) is 12.4 Å². The van der Waals surface area contributed by atoms with E-state index in [0.29, 0.717) is 6.73 Å². The lowest BCUT2D eigenvalue weighted by Gasteiger charge is -2.04. The van der Waals surface area contributed by atoms with Crippen molar-refractivity contribution in [3.8, 4) is 0 Å². The Labute approximate surface area is 143 Å². The van der Waals surface area contributed by atoms with Crippen LogP contribution in [0.4, 0.5) is 0 Å². The zero-order valence-electron chi connectivity index (χ0n) is 14.8. The van der Waals surface area contributed by atoms with Gasteiger partial charge in [-0.05, 0) is 12.8 Å². The van der Waals surface area contributed by atoms with Crippen molar-refractivity contribution in [3.63, 3.8) is 0 Å². The van der Waals surface area contributed by atoms with E-state index in [1.165, 1.54) is 63.6 Å². The van der Waals surface area contributed by atoms with Crippen molar-refractivity contribution in [2.45, 2.75) is 84.8 Å². The number of imidazole rings is 1. The molecule has 1 heterocycles. The molecule has 1 rings (SSSR count). The van der Waals surface area contributed by atoms with Gasteiger partial charge in [0.2, 0.25) is 0 Å². The molecule has 0 saturated heterocycles. The minimum Gasteiger partial charge on any atom is -1.00 e. The van der Waals surface area contributed by atoms with Crippen LogP contribution in [0, 0.1) is 0 Å². The number of halogens is 1. The number of aromatic nitrogens is 2. The number of ether oxygens (including phenoxy) is 1. The van der Waals surface area contributed by atoms with Crippen LogP contribution < -0.4 is 17.0 Å². The van der Waals surface area contributed by atoms with Crippen molar-refractivity contribution in [3.05, 3.63) is 18.2 Å². The van der Waals surface area contributed by atoms with Crippen LogP contribution in [0.2, 0.25) is 0 Å². The maximum absolute atomic E-state index is 5.81. The molecule has 0 saturated carbocycles. The van der Waals surface area contributed by atoms with E-state index in [-0.39, 0.29) is 12.4 Å². The Morgan fingerprint density at radius 3 is 2.23 bits per heavy atom. The Balaban J connectivity index is 0.00000441. The van der Waals surface area contributed by atoms with E-state index in [9.17, 15) is 0 Å². The molecule has 0 atom stereocenters. The van der Waals surface area contributed by atoms with Crippen molar-refractivity contribution in [2.75, 3.05) is 6.61 Å². The van der Waals surface area contributed by atoms with Gasteiger partial charge >= 0.3 is 0 Å². The van der Waals surface area contributed by atoms with Crippen LogP contribution in [0.3, 0.4) is 0 Å². The first kappa shape index (κ1) is 21.5. The largest absolute Gasteiger partial charge is 1.00 e. The fraction of sp³-hybridized carbons (Fsp3) is 0.833. The molecule has 0 spiro atoms. The fourth-order valence-electron chi connectivity index (χ4n) is 2.72. The highest BCUT2D eigenvalue weighted by Crippen LogP contribution is 2.08. The van der Waals surface area contributed by atoms with Gasteiger partial charge in [0, 0.05) is 6.42 Å². The Kier molecular flexibility index (Phi) is 13.7. The SMILES string of the molecule is CCCCCCCCCCOCn1cc[n+](C)c1CCC.[Cl-]. The average Bonchev–Trinajstić information content (AvgIpc) is 2.83. The topological polar surface area (TPSA) is 18.0 Å². The van der Waals surface area contributed by atoms with E-state index < -0.39 is 0 Å². The Hall–Kier alpha value is -0.540. The molecule has 0 aromatic carbocycles. The van der Waals surface area contributed by atoms with Crippen molar-refractivity contribution in [2.24, 2.45) is 7.05 Å². The van der Waals surface area contributed by atoms with Crippen LogP contribution in [-0.4, -0.2) is 11.2 Å². The number of aryl methyl sites for hydroxylation is 1. The Morgan fingerprint density at radius 2 is 1.59 bits per heavy atom. The maximum atomic E-state index is 5.81. The van der Waals surface area contributed by atoms with Gasteiger partial charge in [0.1, 0.15) is 12.4 Å². The first-order chi connectivity index (χ1) is 10.3. The van der Waals surface area contributed by atoms with Crippen LogP contribution in [0.25, 0.3) is 0 Å². The summed E-state index contributed by atoms with van der Waals surface area (Å²) in [5.74, 6) is 1.36. The summed E-state index contributed by atoms with van der Waals surface area (Å²) in [4.78, 5) is 0. The van der Waals surface area contributed by atoms with Crippen molar-refractivity contribution < 1.29 is 21.7 Å². The summed E-state index contributed by atoms with van der Waals surface area (Å²) in [7, 11) is 2.11. The monoisotopic (exact) mass is 330 g/mol. The molecule has 1 aromatic heterocycles. The molecule has 0 aliphatic rings. The molecular formula is C18H35ClN2O. The normalized spacial score (nSPS) is 10.7. The van der Waals surface area contributed by atoms with Gasteiger partial charge in [0.05, 0.1) is 13.7 Å². The molecule has 0 aliphatic carbocycles. The second-order valence-electron chi connectivity index (χ2n) is 6.06. The Morgan fingerprint density at radius 1 is 0.955 bits per heavy atom. The van der Waals surface area contributed by atoms with E-state index in [1.54, 1.807) is 0 Å². The van der Waals surface area contributed by atoms with Crippen LogP contribution in [-0.2, 0) is 24.9 Å². The third kappa shape index (κ3) is 8.79. The third-order valence-electron chi connectivity index (χ3n) is 4.06. The highest BCUT2D eigenvalue weighted by Gasteiger charge is 2.12. The molecule has 22 heavy (non-hydrogen) atoms. The van der Waals surface area contributed by atoms with Crippen LogP contribution in [0.1, 0.15) is 77.5 Å². The molecule has 0 amide bonds. The van der Waals surface area contributed by atoms with Crippen LogP contribution >= 0.6 is 0 Å². The van der Waals surface area contributed by atoms with Crippen LogP contribution in [0.5, 0.6) is 0 Å². The van der Waals surface area contributed by atoms with Gasteiger partial charge in [-0.15, -0.1) is 0 Å². The molecule has 0 unspecified atom stereocenters. The first-order valence-electron chi connectivity index (χ1n) is 8.91. The van der Waals surface area contributed by atoms with E-state index >= 15 is 0 Å². The number of rotatable bonds is 13. The Bertz CT molecular complexity index is 366. The minimum atomic E-state index is 0. The average molecular weight is 331 g/mol. The molecular weight excluding hydrogens is 296 g/mol. The molecule has 3 nitrogen and oxygen atoms in total. The predicted octanol–water partition coefficient (Wildman–Crippen LogP) is 1.38. The van der Waals surface area contributed by atoms with E-state index in [1.807, 2.05) is 0 Å². The molecule has 0 aliphatic heterocycles. The molecule has 0 radical (unpaired) electrons. The number of unbranched alkanes of at least 4 members (excludes halogenated alkanes) is 7. The van der Waals surface area contributed by atoms with Crippen molar-refractivity contribution in [1.82, 2.24) is 4.57 Å². The summed E-state index contributed by atoms with van der Waals surface area (Å²) in [5, 5.41) is 0. The van der Waals surface area contributed by atoms with Gasteiger partial charge in [-0.25, -0.2) is 9.13 Å². The number of nitrogens with zero attached hydrogens (tertiary/aromatic N) is 2. The van der Waals surface area contributed by atoms with Gasteiger partial charge in [-0.2, -0.15) is 0 Å². The number of hydrogen-bond donors (Lipinski definition) is 0. The lowest BCUT2D eigenvalue weighted by molar-refractivity contribution is -0.679. The molecule has 1 aromatic rings. The third-order valence-corrected chi connectivity index (χ3v) is 4.06. The summed E-state index contributed by atoms with van der Waals surface area (Å²) >= 11 is 0.